The van der Waals surface area contributed by atoms with Crippen LogP contribution in [0.15, 0.2) is 24.3 Å². The molecule has 136 valence electrons. The van der Waals surface area contributed by atoms with Crippen LogP contribution in [0.5, 0.6) is 0 Å². The van der Waals surface area contributed by atoms with Crippen LogP contribution < -0.4 is 5.32 Å². The monoisotopic (exact) mass is 364 g/mol. The molecule has 0 amide bonds. The van der Waals surface area contributed by atoms with Gasteiger partial charge in [0.25, 0.3) is 0 Å². The maximum absolute atomic E-state index is 13.2. The summed E-state index contributed by atoms with van der Waals surface area (Å²) < 4.78 is 78.9. The Morgan fingerprint density at radius 3 is 2.40 bits per heavy atom. The van der Waals surface area contributed by atoms with Gasteiger partial charge in [0, 0.05) is 11.4 Å². The Hall–Kier alpha value is -1.87. The summed E-state index contributed by atoms with van der Waals surface area (Å²) in [6.45, 7) is 0.588. The first kappa shape index (κ1) is 17.9. The molecule has 0 aliphatic carbocycles. The molecule has 1 saturated heterocycles. The minimum atomic E-state index is -4.93. The zero-order chi connectivity index (χ0) is 18.4. The first-order valence-corrected chi connectivity index (χ1v) is 7.58. The molecule has 0 radical (unpaired) electrons. The minimum Gasteiger partial charge on any atom is -0.387 e. The number of aliphatic hydroxyl groups excluding tert-OH is 1. The van der Waals surface area contributed by atoms with Gasteiger partial charge in [-0.3, -0.25) is 0 Å². The molecule has 1 fully saturated rings. The number of hydrogen-bond donors (Lipinski definition) is 2. The fourth-order valence-electron chi connectivity index (χ4n) is 3.09. The predicted octanol–water partition coefficient (Wildman–Crippen LogP) is 4.06. The third kappa shape index (κ3) is 3.43. The summed E-state index contributed by atoms with van der Waals surface area (Å²) in [7, 11) is 0. The van der Waals surface area contributed by atoms with Crippen molar-refractivity contribution >= 4 is 10.9 Å². The van der Waals surface area contributed by atoms with Crippen molar-refractivity contribution in [2.45, 2.75) is 37.3 Å². The van der Waals surface area contributed by atoms with Crippen LogP contribution in [0.2, 0.25) is 0 Å². The van der Waals surface area contributed by atoms with Gasteiger partial charge in [-0.2, -0.15) is 26.3 Å². The van der Waals surface area contributed by atoms with Crippen molar-refractivity contribution in [2.75, 3.05) is 6.54 Å². The SMILES string of the molecule is OC(c1cc(C(F)(F)F)nc2c(C(F)(F)F)cccc12)C1CCCN1. The number of alkyl halides is 6. The summed E-state index contributed by atoms with van der Waals surface area (Å²) in [6, 6.07) is 3.14. The molecule has 0 saturated carbocycles. The van der Waals surface area contributed by atoms with Crippen molar-refractivity contribution in [3.8, 4) is 0 Å². The molecule has 9 heteroatoms. The average molecular weight is 364 g/mol. The van der Waals surface area contributed by atoms with Crippen LogP contribution in [0.3, 0.4) is 0 Å². The van der Waals surface area contributed by atoms with Crippen LogP contribution >= 0.6 is 0 Å². The number of nitrogens with one attached hydrogen (secondary N) is 1. The molecule has 2 atom stereocenters. The Balaban J connectivity index is 2.27. The van der Waals surface area contributed by atoms with Crippen molar-refractivity contribution in [2.24, 2.45) is 0 Å². The number of para-hydroxylation sites is 1. The van der Waals surface area contributed by atoms with Gasteiger partial charge in [-0.15, -0.1) is 0 Å². The molecular weight excluding hydrogens is 350 g/mol. The second kappa shape index (κ2) is 6.14. The van der Waals surface area contributed by atoms with Gasteiger partial charge >= 0.3 is 12.4 Å². The molecule has 1 aliphatic rings. The van der Waals surface area contributed by atoms with Crippen LogP contribution in [0, 0.1) is 0 Å². The van der Waals surface area contributed by atoms with E-state index < -0.39 is 41.3 Å². The lowest BCUT2D eigenvalue weighted by Gasteiger charge is -2.22. The van der Waals surface area contributed by atoms with E-state index in [2.05, 4.69) is 10.3 Å². The van der Waals surface area contributed by atoms with E-state index in [1.165, 1.54) is 6.07 Å². The lowest BCUT2D eigenvalue weighted by molar-refractivity contribution is -0.142. The van der Waals surface area contributed by atoms with E-state index in [1.807, 2.05) is 0 Å². The second-order valence-corrected chi connectivity index (χ2v) is 5.94. The molecule has 1 aromatic carbocycles. The van der Waals surface area contributed by atoms with Gasteiger partial charge in [-0.25, -0.2) is 4.98 Å². The standard InChI is InChI=1S/C16H14F6N2O/c17-15(18,19)10-4-1-3-8-9(14(25)11-5-2-6-23-11)7-12(16(20,21)22)24-13(8)10/h1,3-4,7,11,14,23,25H,2,5-6H2. The Kier molecular flexibility index (Phi) is 4.40. The summed E-state index contributed by atoms with van der Waals surface area (Å²) in [5.74, 6) is 0. The van der Waals surface area contributed by atoms with Crippen molar-refractivity contribution in [1.82, 2.24) is 10.3 Å². The normalized spacial score (nSPS) is 20.2. The summed E-state index contributed by atoms with van der Waals surface area (Å²) in [5.41, 5.74) is -3.73. The van der Waals surface area contributed by atoms with Gasteiger partial charge in [0.2, 0.25) is 0 Å². The highest BCUT2D eigenvalue weighted by Crippen LogP contribution is 2.39. The third-order valence-corrected chi connectivity index (χ3v) is 4.27. The summed E-state index contributed by atoms with van der Waals surface area (Å²) in [5, 5.41) is 13.3. The van der Waals surface area contributed by atoms with Crippen molar-refractivity contribution in [3.05, 3.63) is 41.1 Å². The fourth-order valence-corrected chi connectivity index (χ4v) is 3.09. The first-order valence-electron chi connectivity index (χ1n) is 7.58. The number of pyridine rings is 1. The van der Waals surface area contributed by atoms with E-state index in [9.17, 15) is 31.4 Å². The van der Waals surface area contributed by atoms with Crippen LogP contribution in [0.1, 0.15) is 35.8 Å². The van der Waals surface area contributed by atoms with Crippen LogP contribution in [0.4, 0.5) is 26.3 Å². The second-order valence-electron chi connectivity index (χ2n) is 5.94. The average Bonchev–Trinajstić information content (AvgIpc) is 3.05. The number of benzene rings is 1. The zero-order valence-corrected chi connectivity index (χ0v) is 12.7. The molecule has 1 aromatic heterocycles. The smallest absolute Gasteiger partial charge is 0.387 e. The van der Waals surface area contributed by atoms with E-state index in [4.69, 9.17) is 0 Å². The molecule has 2 aromatic rings. The molecule has 3 rings (SSSR count). The number of halogens is 6. The van der Waals surface area contributed by atoms with Crippen LogP contribution in [-0.4, -0.2) is 22.7 Å². The lowest BCUT2D eigenvalue weighted by atomic mass is 9.95. The van der Waals surface area contributed by atoms with Gasteiger partial charge in [-0.1, -0.05) is 12.1 Å². The maximum atomic E-state index is 13.2. The van der Waals surface area contributed by atoms with Crippen LogP contribution in [-0.2, 0) is 12.4 Å². The van der Waals surface area contributed by atoms with Crippen LogP contribution in [0.25, 0.3) is 10.9 Å². The number of nitrogens with zero attached hydrogens (tertiary/aromatic N) is 1. The Bertz CT molecular complexity index is 781. The van der Waals surface area contributed by atoms with Crippen molar-refractivity contribution in [3.63, 3.8) is 0 Å². The lowest BCUT2D eigenvalue weighted by Crippen LogP contribution is -2.29. The molecular formula is C16H14F6N2O. The topological polar surface area (TPSA) is 45.2 Å². The molecule has 0 spiro atoms. The van der Waals surface area contributed by atoms with Gasteiger partial charge in [-0.05, 0) is 37.1 Å². The quantitative estimate of drug-likeness (QED) is 0.790. The van der Waals surface area contributed by atoms with E-state index in [-0.39, 0.29) is 10.9 Å². The number of aliphatic hydroxyl groups is 1. The number of aromatic nitrogens is 1. The zero-order valence-electron chi connectivity index (χ0n) is 12.7. The first-order chi connectivity index (χ1) is 11.6. The van der Waals surface area contributed by atoms with E-state index in [0.717, 1.165) is 12.5 Å². The third-order valence-electron chi connectivity index (χ3n) is 4.27. The van der Waals surface area contributed by atoms with Gasteiger partial charge in [0.05, 0.1) is 17.2 Å². The Morgan fingerprint density at radius 2 is 1.84 bits per heavy atom. The molecule has 1 aliphatic heterocycles. The fraction of sp³-hybridized carbons (Fsp3) is 0.438. The molecule has 2 unspecified atom stereocenters. The number of hydrogen-bond acceptors (Lipinski definition) is 3. The highest BCUT2D eigenvalue weighted by Gasteiger charge is 2.38. The van der Waals surface area contributed by atoms with Crippen molar-refractivity contribution < 1.29 is 31.4 Å². The Morgan fingerprint density at radius 1 is 1.12 bits per heavy atom. The van der Waals surface area contributed by atoms with E-state index >= 15 is 0 Å². The summed E-state index contributed by atoms with van der Waals surface area (Å²) >= 11 is 0. The molecule has 2 N–H and O–H groups in total. The highest BCUT2D eigenvalue weighted by atomic mass is 19.4. The molecule has 3 nitrogen and oxygen atoms in total. The van der Waals surface area contributed by atoms with Gasteiger partial charge in [0.15, 0.2) is 0 Å². The minimum absolute atomic E-state index is 0.135. The largest absolute Gasteiger partial charge is 0.433 e. The molecule has 2 heterocycles. The van der Waals surface area contributed by atoms with E-state index in [1.54, 1.807) is 0 Å². The van der Waals surface area contributed by atoms with E-state index in [0.29, 0.717) is 25.1 Å². The predicted molar refractivity (Wildman–Crippen MR) is 77.7 cm³/mol. The van der Waals surface area contributed by atoms with Gasteiger partial charge in [0.1, 0.15) is 5.69 Å². The number of fused-ring (bicyclic) bond motifs is 1. The Labute approximate surface area is 138 Å². The summed E-state index contributed by atoms with van der Waals surface area (Å²) in [6.07, 6.45) is -9.90. The number of rotatable bonds is 2. The van der Waals surface area contributed by atoms with Crippen molar-refractivity contribution in [1.29, 1.82) is 0 Å². The highest BCUT2D eigenvalue weighted by molar-refractivity contribution is 5.86. The van der Waals surface area contributed by atoms with Gasteiger partial charge < -0.3 is 10.4 Å². The molecule has 0 bridgehead atoms. The maximum Gasteiger partial charge on any atom is 0.433 e. The summed E-state index contributed by atoms with van der Waals surface area (Å²) in [4.78, 5) is 3.21. The molecule has 25 heavy (non-hydrogen) atoms.